The van der Waals surface area contributed by atoms with E-state index >= 15 is 0 Å². The maximum Gasteiger partial charge on any atom is 0.273 e. The molecule has 0 spiro atoms. The number of pyridine rings is 1. The summed E-state index contributed by atoms with van der Waals surface area (Å²) in [5, 5.41) is 2.82. The number of nitrogens with zero attached hydrogens (tertiary/aromatic N) is 4. The van der Waals surface area contributed by atoms with Gasteiger partial charge in [0.15, 0.2) is 11.5 Å². The van der Waals surface area contributed by atoms with Gasteiger partial charge in [-0.1, -0.05) is 0 Å². The lowest BCUT2D eigenvalue weighted by Gasteiger charge is -2.13. The summed E-state index contributed by atoms with van der Waals surface area (Å²) in [5.74, 6) is -0.289. The minimum Gasteiger partial charge on any atom is -0.385 e. The molecule has 0 bridgehead atoms. The highest BCUT2D eigenvalue weighted by Crippen LogP contribution is 2.30. The van der Waals surface area contributed by atoms with Gasteiger partial charge in [-0.3, -0.25) is 4.79 Å². The molecule has 4 rings (SSSR count). The molecule has 0 fully saturated rings. The molecule has 1 amide bonds. The Labute approximate surface area is 173 Å². The second-order valence-electron chi connectivity index (χ2n) is 6.89. The van der Waals surface area contributed by atoms with Crippen molar-refractivity contribution in [2.75, 3.05) is 26.0 Å². The Morgan fingerprint density at radius 2 is 2.13 bits per heavy atom. The molecule has 0 unspecified atom stereocenters. The van der Waals surface area contributed by atoms with E-state index in [1.54, 1.807) is 19.5 Å². The van der Waals surface area contributed by atoms with E-state index in [4.69, 9.17) is 10.5 Å². The van der Waals surface area contributed by atoms with E-state index in [0.29, 0.717) is 31.0 Å². The number of hydrogen-bond donors (Lipinski definition) is 3. The topological polar surface area (TPSA) is 123 Å². The lowest BCUT2D eigenvalue weighted by Crippen LogP contribution is -2.27. The van der Waals surface area contributed by atoms with E-state index in [-0.39, 0.29) is 17.4 Å². The number of carbonyl (C=O) groups is 1. The van der Waals surface area contributed by atoms with Crippen LogP contribution in [0.25, 0.3) is 28.3 Å². The van der Waals surface area contributed by atoms with Crippen LogP contribution in [0.4, 0.5) is 5.82 Å². The van der Waals surface area contributed by atoms with Gasteiger partial charge < -0.3 is 25.2 Å². The van der Waals surface area contributed by atoms with E-state index in [0.717, 1.165) is 22.6 Å². The van der Waals surface area contributed by atoms with Crippen molar-refractivity contribution in [3.05, 3.63) is 54.2 Å². The number of aromatic nitrogens is 5. The van der Waals surface area contributed by atoms with Gasteiger partial charge in [-0.2, -0.15) is 0 Å². The number of hydrogen-bond acceptors (Lipinski definition) is 6. The average Bonchev–Trinajstić information content (AvgIpc) is 3.41. The number of aromatic amines is 1. The normalized spacial score (nSPS) is 11.1. The molecule has 0 aliphatic heterocycles. The van der Waals surface area contributed by atoms with Gasteiger partial charge in [0, 0.05) is 50.1 Å². The van der Waals surface area contributed by atoms with E-state index in [2.05, 4.69) is 25.3 Å². The first-order chi connectivity index (χ1) is 14.6. The van der Waals surface area contributed by atoms with Crippen LogP contribution in [0, 0.1) is 6.92 Å². The van der Waals surface area contributed by atoms with Crippen LogP contribution in [-0.2, 0) is 4.74 Å². The molecule has 0 aromatic carbocycles. The third-order valence-electron chi connectivity index (χ3n) is 4.77. The van der Waals surface area contributed by atoms with Crippen LogP contribution in [0.5, 0.6) is 0 Å². The predicted octanol–water partition coefficient (Wildman–Crippen LogP) is 2.44. The van der Waals surface area contributed by atoms with Crippen LogP contribution >= 0.6 is 0 Å². The molecule has 154 valence electrons. The summed E-state index contributed by atoms with van der Waals surface area (Å²) in [6.45, 7) is 2.99. The van der Waals surface area contributed by atoms with Crippen molar-refractivity contribution in [2.45, 2.75) is 13.3 Å². The summed E-state index contributed by atoms with van der Waals surface area (Å²) in [4.78, 5) is 29.3. The summed E-state index contributed by atoms with van der Waals surface area (Å²) >= 11 is 0. The first-order valence-corrected chi connectivity index (χ1v) is 9.61. The molecule has 4 aromatic heterocycles. The van der Waals surface area contributed by atoms with Crippen LogP contribution in [0.2, 0.25) is 0 Å². The Morgan fingerprint density at radius 3 is 2.90 bits per heavy atom. The van der Waals surface area contributed by atoms with E-state index < -0.39 is 0 Å². The van der Waals surface area contributed by atoms with Crippen LogP contribution in [-0.4, -0.2) is 50.5 Å². The number of ether oxygens (including phenoxy) is 1. The van der Waals surface area contributed by atoms with Crippen LogP contribution < -0.4 is 11.1 Å². The molecule has 4 aromatic rings. The van der Waals surface area contributed by atoms with Gasteiger partial charge >= 0.3 is 0 Å². The fraction of sp³-hybridized carbons (Fsp3) is 0.238. The predicted molar refractivity (Wildman–Crippen MR) is 114 cm³/mol. The summed E-state index contributed by atoms with van der Waals surface area (Å²) in [6.07, 6.45) is 6.24. The second kappa shape index (κ2) is 8.34. The number of carbonyl (C=O) groups excluding carboxylic acids is 1. The minimum absolute atomic E-state index is 0.0764. The van der Waals surface area contributed by atoms with Crippen LogP contribution in [0.3, 0.4) is 0 Å². The zero-order chi connectivity index (χ0) is 21.1. The second-order valence-corrected chi connectivity index (χ2v) is 6.89. The Bertz CT molecular complexity index is 1180. The summed E-state index contributed by atoms with van der Waals surface area (Å²) in [7, 11) is 1.62. The van der Waals surface area contributed by atoms with Crippen molar-refractivity contribution in [3.8, 4) is 22.6 Å². The van der Waals surface area contributed by atoms with Gasteiger partial charge in [-0.05, 0) is 37.6 Å². The molecule has 30 heavy (non-hydrogen) atoms. The first kappa shape index (κ1) is 19.6. The number of nitrogens with one attached hydrogen (secondary N) is 2. The average molecular weight is 405 g/mol. The zero-order valence-electron chi connectivity index (χ0n) is 16.8. The fourth-order valence-electron chi connectivity index (χ4n) is 3.23. The number of methoxy groups -OCH3 is 1. The van der Waals surface area contributed by atoms with Crippen LogP contribution in [0.1, 0.15) is 22.6 Å². The Hall–Kier alpha value is -3.72. The Morgan fingerprint density at radius 1 is 1.27 bits per heavy atom. The third-order valence-corrected chi connectivity index (χ3v) is 4.77. The molecule has 0 saturated heterocycles. The number of aryl methyl sites for hydroxylation is 1. The number of rotatable bonds is 7. The van der Waals surface area contributed by atoms with Gasteiger partial charge in [-0.25, -0.2) is 15.0 Å². The summed E-state index contributed by atoms with van der Waals surface area (Å²) in [5.41, 5.74) is 10.7. The number of anilines is 1. The molecule has 0 radical (unpaired) electrons. The van der Waals surface area contributed by atoms with Crippen molar-refractivity contribution < 1.29 is 9.53 Å². The smallest absolute Gasteiger partial charge is 0.273 e. The molecule has 0 saturated carbocycles. The largest absolute Gasteiger partial charge is 0.385 e. The molecule has 0 atom stereocenters. The van der Waals surface area contributed by atoms with Crippen LogP contribution in [0.15, 0.2) is 42.9 Å². The molecule has 4 heterocycles. The SMILES string of the molecule is COCCCNC(=O)c1nc(-c2ccc3ncc(C)n3c2)c(-c2ccc[nH]2)nc1N. The van der Waals surface area contributed by atoms with Crippen molar-refractivity contribution >= 4 is 17.4 Å². The highest BCUT2D eigenvalue weighted by Gasteiger charge is 2.20. The lowest BCUT2D eigenvalue weighted by atomic mass is 10.1. The quantitative estimate of drug-likeness (QED) is 0.406. The molecule has 0 aliphatic carbocycles. The lowest BCUT2D eigenvalue weighted by molar-refractivity contribution is 0.0944. The number of H-pyrrole nitrogens is 1. The van der Waals surface area contributed by atoms with Gasteiger partial charge in [0.05, 0.1) is 5.69 Å². The molecule has 9 heteroatoms. The van der Waals surface area contributed by atoms with E-state index in [1.807, 2.05) is 41.8 Å². The monoisotopic (exact) mass is 405 g/mol. The fourth-order valence-corrected chi connectivity index (χ4v) is 3.23. The number of imidazole rings is 1. The molecule has 9 nitrogen and oxygen atoms in total. The zero-order valence-corrected chi connectivity index (χ0v) is 16.8. The van der Waals surface area contributed by atoms with Crippen molar-refractivity contribution in [3.63, 3.8) is 0 Å². The van der Waals surface area contributed by atoms with Crippen molar-refractivity contribution in [2.24, 2.45) is 0 Å². The number of nitrogen functional groups attached to an aromatic ring is 1. The summed E-state index contributed by atoms with van der Waals surface area (Å²) < 4.78 is 6.98. The molecular formula is C21H23N7O2. The van der Waals surface area contributed by atoms with Crippen molar-refractivity contribution in [1.82, 2.24) is 29.7 Å². The maximum absolute atomic E-state index is 12.7. The number of nitrogens with two attached hydrogens (primary N) is 1. The Kier molecular flexibility index (Phi) is 5.44. The highest BCUT2D eigenvalue weighted by atomic mass is 16.5. The minimum atomic E-state index is -0.365. The van der Waals surface area contributed by atoms with E-state index in [1.165, 1.54) is 0 Å². The molecule has 0 aliphatic rings. The van der Waals surface area contributed by atoms with Gasteiger partial charge in [0.25, 0.3) is 5.91 Å². The van der Waals surface area contributed by atoms with Crippen molar-refractivity contribution in [1.29, 1.82) is 0 Å². The number of fused-ring (bicyclic) bond motifs is 1. The summed E-state index contributed by atoms with van der Waals surface area (Å²) in [6, 6.07) is 7.58. The Balaban J connectivity index is 1.79. The first-order valence-electron chi connectivity index (χ1n) is 9.61. The van der Waals surface area contributed by atoms with Gasteiger partial charge in [0.1, 0.15) is 17.0 Å². The third kappa shape index (κ3) is 3.74. The highest BCUT2D eigenvalue weighted by molar-refractivity contribution is 5.97. The maximum atomic E-state index is 12.7. The van der Waals surface area contributed by atoms with E-state index in [9.17, 15) is 4.79 Å². The standard InChI is InChI=1S/C21H23N7O2/c1-13-11-25-16-7-6-14(12-28(13)16)17-18(15-5-3-8-23-15)27-20(22)19(26-17)21(29)24-9-4-10-30-2/h3,5-8,11-12,23H,4,9-10H2,1-2H3,(H2,22,27)(H,24,29). The van der Waals surface area contributed by atoms with Gasteiger partial charge in [0.2, 0.25) is 0 Å². The van der Waals surface area contributed by atoms with Gasteiger partial charge in [-0.15, -0.1) is 0 Å². The molecule has 4 N–H and O–H groups in total. The number of amides is 1. The molecular weight excluding hydrogens is 382 g/mol.